The molecule has 0 aromatic carbocycles. The lowest BCUT2D eigenvalue weighted by molar-refractivity contribution is -0.523. The minimum atomic E-state index is -0.937. The summed E-state index contributed by atoms with van der Waals surface area (Å²) < 4.78 is 5.91. The molecule has 1 rings (SSSR count). The highest BCUT2D eigenvalue weighted by atomic mass is 16.5. The highest BCUT2D eigenvalue weighted by Gasteiger charge is 2.49. The Hall–Kier alpha value is -1.06. The summed E-state index contributed by atoms with van der Waals surface area (Å²) in [6.45, 7) is 4.31. The van der Waals surface area contributed by atoms with E-state index < -0.39 is 5.54 Å². The number of unbranched alkanes of at least 4 members (excludes halogenated alkanes) is 1. The zero-order chi connectivity index (χ0) is 11.3. The van der Waals surface area contributed by atoms with Gasteiger partial charge in [-0.05, 0) is 6.42 Å². The molecule has 4 nitrogen and oxygen atoms in total. The lowest BCUT2D eigenvalue weighted by Crippen LogP contribution is -2.45. The average molecular weight is 213 g/mol. The van der Waals surface area contributed by atoms with Crippen LogP contribution in [0.15, 0.2) is 0 Å². The second-order valence-electron chi connectivity index (χ2n) is 3.92. The fraction of sp³-hybridized carbons (Fsp3) is 0.818. The molecule has 1 aliphatic heterocycles. The van der Waals surface area contributed by atoms with Crippen molar-refractivity contribution in [2.45, 2.75) is 51.5 Å². The van der Waals surface area contributed by atoms with Crippen LogP contribution in [0.5, 0.6) is 0 Å². The number of rotatable bonds is 5. The number of carbonyl (C=O) groups excluding carboxylic acids is 1. The van der Waals surface area contributed by atoms with E-state index in [1.165, 1.54) is 6.21 Å². The maximum atomic E-state index is 11.8. The van der Waals surface area contributed by atoms with Crippen LogP contribution in [0.25, 0.3) is 0 Å². The molecule has 1 unspecified atom stereocenters. The summed E-state index contributed by atoms with van der Waals surface area (Å²) in [4.78, 5) is 11.8. The van der Waals surface area contributed by atoms with Crippen molar-refractivity contribution in [2.24, 2.45) is 0 Å². The predicted octanol–water partition coefficient (Wildman–Crippen LogP) is 1.85. The third kappa shape index (κ3) is 2.30. The molecule has 0 spiro atoms. The fourth-order valence-electron chi connectivity index (χ4n) is 1.82. The van der Waals surface area contributed by atoms with Crippen LogP contribution in [-0.2, 0) is 9.53 Å². The fourth-order valence-corrected chi connectivity index (χ4v) is 1.82. The van der Waals surface area contributed by atoms with E-state index in [9.17, 15) is 10.0 Å². The molecule has 1 atom stereocenters. The Morgan fingerprint density at radius 1 is 1.60 bits per heavy atom. The van der Waals surface area contributed by atoms with Crippen LogP contribution in [-0.4, -0.2) is 29.1 Å². The Morgan fingerprint density at radius 3 is 2.80 bits per heavy atom. The van der Waals surface area contributed by atoms with Crippen molar-refractivity contribution >= 4 is 12.2 Å². The predicted molar refractivity (Wildman–Crippen MR) is 57.8 cm³/mol. The summed E-state index contributed by atoms with van der Waals surface area (Å²) in [6, 6.07) is 0. The van der Waals surface area contributed by atoms with Crippen LogP contribution >= 0.6 is 0 Å². The van der Waals surface area contributed by atoms with Gasteiger partial charge in [-0.15, -0.1) is 0 Å². The van der Waals surface area contributed by atoms with Crippen molar-refractivity contribution in [3.05, 3.63) is 5.21 Å². The summed E-state index contributed by atoms with van der Waals surface area (Å²) in [7, 11) is 0. The minimum absolute atomic E-state index is 0.359. The van der Waals surface area contributed by atoms with Gasteiger partial charge in [-0.25, -0.2) is 4.79 Å². The maximum absolute atomic E-state index is 11.8. The van der Waals surface area contributed by atoms with Gasteiger partial charge in [0.2, 0.25) is 0 Å². The molecule has 4 heteroatoms. The number of nitrogens with zero attached hydrogens (tertiary/aromatic N) is 1. The van der Waals surface area contributed by atoms with Crippen LogP contribution in [0.1, 0.15) is 46.0 Å². The second kappa shape index (κ2) is 5.14. The van der Waals surface area contributed by atoms with E-state index >= 15 is 0 Å². The number of hydrogen-bond donors (Lipinski definition) is 0. The zero-order valence-electron chi connectivity index (χ0n) is 9.49. The minimum Gasteiger partial charge on any atom is -0.623 e. The first kappa shape index (κ1) is 12.0. The highest BCUT2D eigenvalue weighted by molar-refractivity contribution is 5.81. The number of hydroxylamine groups is 1. The van der Waals surface area contributed by atoms with Gasteiger partial charge in [0.1, 0.15) is 0 Å². The molecule has 0 saturated carbocycles. The second-order valence-corrected chi connectivity index (χ2v) is 3.92. The topological polar surface area (TPSA) is 52.4 Å². The van der Waals surface area contributed by atoms with E-state index in [4.69, 9.17) is 4.74 Å². The van der Waals surface area contributed by atoms with Gasteiger partial charge in [0.25, 0.3) is 5.54 Å². The van der Waals surface area contributed by atoms with Gasteiger partial charge in [0, 0.05) is 19.3 Å². The Kier molecular flexibility index (Phi) is 4.12. The number of esters is 1. The molecular formula is C11H19NO3. The third-order valence-electron chi connectivity index (χ3n) is 2.97. The van der Waals surface area contributed by atoms with Crippen molar-refractivity contribution in [1.29, 1.82) is 0 Å². The monoisotopic (exact) mass is 213 g/mol. The smallest absolute Gasteiger partial charge is 0.379 e. The van der Waals surface area contributed by atoms with Gasteiger partial charge in [-0.3, -0.25) is 0 Å². The van der Waals surface area contributed by atoms with Gasteiger partial charge in [0.15, 0.2) is 6.21 Å². The van der Waals surface area contributed by atoms with Crippen LogP contribution in [0.2, 0.25) is 0 Å². The van der Waals surface area contributed by atoms with Gasteiger partial charge < -0.3 is 9.94 Å². The third-order valence-corrected chi connectivity index (χ3v) is 2.97. The summed E-state index contributed by atoms with van der Waals surface area (Å²) in [5, 5.41) is 11.6. The van der Waals surface area contributed by atoms with Gasteiger partial charge in [-0.1, -0.05) is 20.3 Å². The largest absolute Gasteiger partial charge is 0.623 e. The summed E-state index contributed by atoms with van der Waals surface area (Å²) in [6.07, 6.45) is 5.13. The number of carbonyl (C=O) groups is 1. The van der Waals surface area contributed by atoms with Crippen LogP contribution < -0.4 is 0 Å². The Labute approximate surface area is 90.5 Å². The van der Waals surface area contributed by atoms with Crippen molar-refractivity contribution in [3.8, 4) is 0 Å². The molecule has 0 aromatic rings. The van der Waals surface area contributed by atoms with Crippen LogP contribution in [0, 0.1) is 5.21 Å². The Morgan fingerprint density at radius 2 is 2.33 bits per heavy atom. The number of hydrogen-bond acceptors (Lipinski definition) is 3. The van der Waals surface area contributed by atoms with E-state index in [0.717, 1.165) is 17.6 Å². The first-order valence-electron chi connectivity index (χ1n) is 5.64. The standard InChI is InChI=1S/C11H19NO3/c1-3-5-9-15-10(13)11(4-2)7-6-8-12(11)14/h8H,3-7,9H2,1-2H3. The first-order valence-corrected chi connectivity index (χ1v) is 5.64. The molecule has 1 heterocycles. The molecule has 0 radical (unpaired) electrons. The highest BCUT2D eigenvalue weighted by Crippen LogP contribution is 2.27. The van der Waals surface area contributed by atoms with Crippen molar-refractivity contribution < 1.29 is 14.3 Å². The van der Waals surface area contributed by atoms with E-state index in [2.05, 4.69) is 0 Å². The van der Waals surface area contributed by atoms with Crippen LogP contribution in [0.4, 0.5) is 0 Å². The molecule has 0 aromatic heterocycles. The molecule has 1 aliphatic rings. The zero-order valence-corrected chi connectivity index (χ0v) is 9.49. The summed E-state index contributed by atoms with van der Waals surface area (Å²) >= 11 is 0. The molecule has 15 heavy (non-hydrogen) atoms. The average Bonchev–Trinajstić information content (AvgIpc) is 2.61. The van der Waals surface area contributed by atoms with Gasteiger partial charge in [0.05, 0.1) is 6.61 Å². The molecule has 0 saturated heterocycles. The van der Waals surface area contributed by atoms with E-state index in [1.54, 1.807) is 0 Å². The van der Waals surface area contributed by atoms with Crippen LogP contribution in [0.3, 0.4) is 0 Å². The normalized spacial score (nSPS) is 25.1. The molecule has 86 valence electrons. The molecule has 0 bridgehead atoms. The molecular weight excluding hydrogens is 194 g/mol. The molecule has 0 fully saturated rings. The maximum Gasteiger partial charge on any atom is 0.379 e. The summed E-state index contributed by atoms with van der Waals surface area (Å²) in [5.74, 6) is -0.359. The molecule has 0 amide bonds. The first-order chi connectivity index (χ1) is 7.17. The lowest BCUT2D eigenvalue weighted by Gasteiger charge is -2.24. The van der Waals surface area contributed by atoms with Crippen molar-refractivity contribution in [2.75, 3.05) is 6.61 Å². The SMILES string of the molecule is CCCCOC(=O)C1(CC)CCC=[N+]1[O-]. The van der Waals surface area contributed by atoms with Crippen molar-refractivity contribution in [1.82, 2.24) is 0 Å². The van der Waals surface area contributed by atoms with E-state index in [1.807, 2.05) is 13.8 Å². The van der Waals surface area contributed by atoms with E-state index in [-0.39, 0.29) is 5.97 Å². The number of ether oxygens (including phenoxy) is 1. The summed E-state index contributed by atoms with van der Waals surface area (Å²) in [5.41, 5.74) is -0.937. The Balaban J connectivity index is 2.59. The van der Waals surface area contributed by atoms with Gasteiger partial charge >= 0.3 is 5.97 Å². The lowest BCUT2D eigenvalue weighted by atomic mass is 9.94. The molecule has 0 aliphatic carbocycles. The quantitative estimate of drug-likeness (QED) is 0.303. The van der Waals surface area contributed by atoms with Crippen molar-refractivity contribution in [3.63, 3.8) is 0 Å². The Bertz CT molecular complexity index is 263. The van der Waals surface area contributed by atoms with Gasteiger partial charge in [-0.2, -0.15) is 4.74 Å². The molecule has 0 N–H and O–H groups in total. The van der Waals surface area contributed by atoms with E-state index in [0.29, 0.717) is 25.9 Å².